The third-order valence-corrected chi connectivity index (χ3v) is 6.03. The number of carboxylic acids is 1. The zero-order valence-electron chi connectivity index (χ0n) is 13.4. The molecule has 0 radical (unpaired) electrons. The van der Waals surface area contributed by atoms with E-state index in [-0.39, 0.29) is 22.0 Å². The van der Waals surface area contributed by atoms with Crippen molar-refractivity contribution in [3.8, 4) is 16.9 Å². The lowest BCUT2D eigenvalue weighted by Gasteiger charge is -2.27. The van der Waals surface area contributed by atoms with Crippen molar-refractivity contribution in [2.45, 2.75) is 4.90 Å². The Bertz CT molecular complexity index is 1170. The molecule has 0 atom stereocenters. The van der Waals surface area contributed by atoms with Gasteiger partial charge in [0.1, 0.15) is 17.2 Å². The van der Waals surface area contributed by atoms with Gasteiger partial charge in [0, 0.05) is 12.6 Å². The molecule has 132 valence electrons. The maximum atomic E-state index is 13.7. The quantitative estimate of drug-likeness (QED) is 0.745. The number of rotatable bonds is 2. The molecule has 0 unspecified atom stereocenters. The molecule has 26 heavy (non-hydrogen) atoms. The Morgan fingerprint density at radius 3 is 2.58 bits per heavy atom. The zero-order chi connectivity index (χ0) is 18.6. The number of aromatic carboxylic acids is 1. The molecule has 0 aliphatic carbocycles. The number of hydrogen-bond donors (Lipinski definition) is 1. The van der Waals surface area contributed by atoms with Crippen molar-refractivity contribution in [1.82, 2.24) is 9.78 Å². The van der Waals surface area contributed by atoms with Crippen LogP contribution in [0, 0.1) is 5.82 Å². The standard InChI is InChI=1S/C17H12FN3O4S/c1-20-16-14(17(22)23)19-21(11-6-4-5-10(18)9-11)15(16)12-7-2-3-8-13(12)26(20,24)25/h2-9H,1H3,(H,22,23). The SMILES string of the molecule is CN1c2c(C(=O)O)nn(-c3cccc(F)c3)c2-c2ccccc2S1(=O)=O. The monoisotopic (exact) mass is 373 g/mol. The first-order chi connectivity index (χ1) is 12.3. The summed E-state index contributed by atoms with van der Waals surface area (Å²) in [5.41, 5.74) is 0.396. The molecule has 1 N–H and O–H groups in total. The summed E-state index contributed by atoms with van der Waals surface area (Å²) in [7, 11) is -2.65. The molecule has 0 bridgehead atoms. The number of sulfonamides is 1. The highest BCUT2D eigenvalue weighted by molar-refractivity contribution is 7.93. The Labute approximate surface area is 148 Å². The highest BCUT2D eigenvalue weighted by Crippen LogP contribution is 2.45. The fraction of sp³-hybridized carbons (Fsp3) is 0.0588. The first kappa shape index (κ1) is 16.3. The van der Waals surface area contributed by atoms with Crippen molar-refractivity contribution in [2.75, 3.05) is 11.4 Å². The summed E-state index contributed by atoms with van der Waals surface area (Å²) in [6, 6.07) is 11.7. The van der Waals surface area contributed by atoms with Crippen LogP contribution in [0.3, 0.4) is 0 Å². The maximum Gasteiger partial charge on any atom is 0.358 e. The van der Waals surface area contributed by atoms with Gasteiger partial charge in [0.05, 0.1) is 10.6 Å². The second kappa shape index (κ2) is 5.40. The summed E-state index contributed by atoms with van der Waals surface area (Å²) in [6.07, 6.45) is 0. The van der Waals surface area contributed by atoms with Gasteiger partial charge >= 0.3 is 5.97 Å². The summed E-state index contributed by atoms with van der Waals surface area (Å²) >= 11 is 0. The number of anilines is 1. The van der Waals surface area contributed by atoms with Gasteiger partial charge in [-0.25, -0.2) is 22.3 Å². The Morgan fingerprint density at radius 1 is 1.15 bits per heavy atom. The van der Waals surface area contributed by atoms with Crippen molar-refractivity contribution < 1.29 is 22.7 Å². The van der Waals surface area contributed by atoms with E-state index in [2.05, 4.69) is 5.10 Å². The third-order valence-electron chi connectivity index (χ3n) is 4.21. The number of hydrogen-bond acceptors (Lipinski definition) is 4. The lowest BCUT2D eigenvalue weighted by Crippen LogP contribution is -2.31. The van der Waals surface area contributed by atoms with Gasteiger partial charge < -0.3 is 5.11 Å². The molecular weight excluding hydrogens is 361 g/mol. The van der Waals surface area contributed by atoms with Crippen LogP contribution in [0.25, 0.3) is 16.9 Å². The second-order valence-electron chi connectivity index (χ2n) is 5.71. The summed E-state index contributed by atoms with van der Waals surface area (Å²) in [6.45, 7) is 0. The normalized spacial score (nSPS) is 14.6. The van der Waals surface area contributed by atoms with Gasteiger partial charge in [-0.2, -0.15) is 5.10 Å². The predicted molar refractivity (Wildman–Crippen MR) is 91.5 cm³/mol. The molecule has 0 amide bonds. The predicted octanol–water partition coefficient (Wildman–Crippen LogP) is 2.52. The molecule has 9 heteroatoms. The van der Waals surface area contributed by atoms with Gasteiger partial charge in [-0.05, 0) is 24.3 Å². The molecule has 0 spiro atoms. The van der Waals surface area contributed by atoms with Crippen LogP contribution < -0.4 is 4.31 Å². The molecule has 4 rings (SSSR count). The van der Waals surface area contributed by atoms with E-state index in [1.807, 2.05) is 0 Å². The van der Waals surface area contributed by atoms with Gasteiger partial charge in [-0.1, -0.05) is 24.3 Å². The van der Waals surface area contributed by atoms with E-state index < -0.39 is 27.5 Å². The number of carboxylic acid groups (broad SMARTS) is 1. The molecule has 2 aromatic carbocycles. The van der Waals surface area contributed by atoms with E-state index in [0.29, 0.717) is 5.56 Å². The van der Waals surface area contributed by atoms with E-state index in [0.717, 1.165) is 4.31 Å². The molecule has 1 aromatic heterocycles. The third kappa shape index (κ3) is 2.14. The molecule has 0 saturated carbocycles. The first-order valence-corrected chi connectivity index (χ1v) is 8.97. The van der Waals surface area contributed by atoms with Gasteiger partial charge in [0.15, 0.2) is 5.69 Å². The Kier molecular flexibility index (Phi) is 3.38. The van der Waals surface area contributed by atoms with Crippen LogP contribution in [0.1, 0.15) is 10.5 Å². The van der Waals surface area contributed by atoms with Crippen LogP contribution in [0.4, 0.5) is 10.1 Å². The van der Waals surface area contributed by atoms with Crippen molar-refractivity contribution in [3.05, 3.63) is 60.0 Å². The van der Waals surface area contributed by atoms with Crippen LogP contribution in [-0.4, -0.2) is 36.3 Å². The molecule has 2 heterocycles. The van der Waals surface area contributed by atoms with Crippen LogP contribution in [-0.2, 0) is 10.0 Å². The van der Waals surface area contributed by atoms with Gasteiger partial charge in [0.2, 0.25) is 0 Å². The number of nitrogens with zero attached hydrogens (tertiary/aromatic N) is 3. The smallest absolute Gasteiger partial charge is 0.358 e. The largest absolute Gasteiger partial charge is 0.476 e. The van der Waals surface area contributed by atoms with Gasteiger partial charge in [-0.15, -0.1) is 0 Å². The second-order valence-corrected chi connectivity index (χ2v) is 7.65. The molecular formula is C17H12FN3O4S. The molecule has 1 aliphatic rings. The average molecular weight is 373 g/mol. The number of aromatic nitrogens is 2. The minimum absolute atomic E-state index is 0.0319. The molecule has 0 saturated heterocycles. The van der Waals surface area contributed by atoms with E-state index in [1.165, 1.54) is 36.0 Å². The van der Waals surface area contributed by atoms with Gasteiger partial charge in [0.25, 0.3) is 10.0 Å². The Balaban J connectivity index is 2.15. The summed E-state index contributed by atoms with van der Waals surface area (Å²) in [5.74, 6) is -1.90. The fourth-order valence-electron chi connectivity index (χ4n) is 3.04. The highest BCUT2D eigenvalue weighted by atomic mass is 32.2. The van der Waals surface area contributed by atoms with E-state index in [1.54, 1.807) is 24.3 Å². The lowest BCUT2D eigenvalue weighted by atomic mass is 10.1. The maximum absolute atomic E-state index is 13.7. The van der Waals surface area contributed by atoms with Crippen molar-refractivity contribution >= 4 is 21.7 Å². The van der Waals surface area contributed by atoms with Crippen molar-refractivity contribution in [2.24, 2.45) is 0 Å². The minimum Gasteiger partial charge on any atom is -0.476 e. The van der Waals surface area contributed by atoms with Gasteiger partial charge in [-0.3, -0.25) is 4.31 Å². The average Bonchev–Trinajstić information content (AvgIpc) is 3.01. The lowest BCUT2D eigenvalue weighted by molar-refractivity contribution is 0.0691. The summed E-state index contributed by atoms with van der Waals surface area (Å²) in [4.78, 5) is 11.7. The van der Waals surface area contributed by atoms with Crippen LogP contribution >= 0.6 is 0 Å². The Hall–Kier alpha value is -3.20. The van der Waals surface area contributed by atoms with E-state index >= 15 is 0 Å². The van der Waals surface area contributed by atoms with Crippen LogP contribution in [0.2, 0.25) is 0 Å². The topological polar surface area (TPSA) is 92.5 Å². The number of carbonyl (C=O) groups is 1. The molecule has 7 nitrogen and oxygen atoms in total. The van der Waals surface area contributed by atoms with Crippen molar-refractivity contribution in [3.63, 3.8) is 0 Å². The number of benzene rings is 2. The minimum atomic E-state index is -3.92. The summed E-state index contributed by atoms with van der Waals surface area (Å²) < 4.78 is 41.4. The number of halogens is 1. The molecule has 3 aromatic rings. The summed E-state index contributed by atoms with van der Waals surface area (Å²) in [5, 5.41) is 13.6. The number of fused-ring (bicyclic) bond motifs is 3. The Morgan fingerprint density at radius 2 is 1.88 bits per heavy atom. The van der Waals surface area contributed by atoms with E-state index in [4.69, 9.17) is 0 Å². The zero-order valence-corrected chi connectivity index (χ0v) is 14.2. The first-order valence-electron chi connectivity index (χ1n) is 7.53. The fourth-order valence-corrected chi connectivity index (χ4v) is 4.44. The van der Waals surface area contributed by atoms with Crippen molar-refractivity contribution in [1.29, 1.82) is 0 Å². The van der Waals surface area contributed by atoms with Crippen LogP contribution in [0.5, 0.6) is 0 Å². The van der Waals surface area contributed by atoms with E-state index in [9.17, 15) is 22.7 Å². The molecule has 0 fully saturated rings. The highest BCUT2D eigenvalue weighted by Gasteiger charge is 2.39. The molecule has 1 aliphatic heterocycles. The van der Waals surface area contributed by atoms with Crippen LogP contribution in [0.15, 0.2) is 53.4 Å².